The molecule has 0 saturated carbocycles. The highest BCUT2D eigenvalue weighted by Gasteiger charge is 2.31. The van der Waals surface area contributed by atoms with Gasteiger partial charge in [-0.1, -0.05) is 11.2 Å². The van der Waals surface area contributed by atoms with Crippen LogP contribution in [0.5, 0.6) is 0 Å². The van der Waals surface area contributed by atoms with E-state index in [4.69, 9.17) is 5.11 Å². The molecule has 0 aliphatic heterocycles. The summed E-state index contributed by atoms with van der Waals surface area (Å²) in [6, 6.07) is 4.07. The first kappa shape index (κ1) is 16.7. The van der Waals surface area contributed by atoms with E-state index in [-0.39, 0.29) is 36.2 Å². The number of nitrogens with zero attached hydrogens (tertiary/aromatic N) is 4. The minimum atomic E-state index is -4.58. The van der Waals surface area contributed by atoms with Crippen molar-refractivity contribution >= 4 is 5.82 Å². The van der Waals surface area contributed by atoms with Crippen molar-refractivity contribution in [3.05, 3.63) is 40.4 Å². The molecule has 0 unspecified atom stereocenters. The van der Waals surface area contributed by atoms with Crippen LogP contribution in [0, 0.1) is 0 Å². The Hall–Kier alpha value is -3.15. The molecule has 2 heterocycles. The molecule has 0 spiro atoms. The number of aliphatic hydroxyl groups is 1. The van der Waals surface area contributed by atoms with E-state index >= 15 is 0 Å². The maximum absolute atomic E-state index is 12.9. The Labute approximate surface area is 136 Å². The van der Waals surface area contributed by atoms with E-state index in [1.54, 1.807) is 0 Å². The molecule has 0 aliphatic carbocycles. The van der Waals surface area contributed by atoms with Gasteiger partial charge >= 0.3 is 11.9 Å². The lowest BCUT2D eigenvalue weighted by atomic mass is 10.2. The van der Waals surface area contributed by atoms with Crippen LogP contribution in [-0.4, -0.2) is 38.3 Å². The van der Waals surface area contributed by atoms with Gasteiger partial charge < -0.3 is 10.4 Å². The Morgan fingerprint density at radius 1 is 1.24 bits per heavy atom. The molecular formula is C13H10F3N5O4. The summed E-state index contributed by atoms with van der Waals surface area (Å²) in [6.07, 6.45) is -4.58. The first-order valence-electron chi connectivity index (χ1n) is 6.86. The minimum Gasteiger partial charge on any atom is -0.395 e. The van der Waals surface area contributed by atoms with Crippen LogP contribution in [-0.2, 0) is 6.18 Å². The van der Waals surface area contributed by atoms with Crippen molar-refractivity contribution in [2.75, 3.05) is 18.5 Å². The number of rotatable bonds is 5. The van der Waals surface area contributed by atoms with E-state index in [9.17, 15) is 18.0 Å². The van der Waals surface area contributed by atoms with Crippen molar-refractivity contribution in [2.24, 2.45) is 0 Å². The molecule has 132 valence electrons. The van der Waals surface area contributed by atoms with Crippen molar-refractivity contribution in [2.45, 2.75) is 6.18 Å². The molecule has 9 nitrogen and oxygen atoms in total. The number of halogens is 3. The van der Waals surface area contributed by atoms with Crippen molar-refractivity contribution in [3.8, 4) is 17.2 Å². The summed E-state index contributed by atoms with van der Waals surface area (Å²) in [7, 11) is 0. The molecule has 3 aromatic rings. The number of alkyl halides is 3. The number of hydrogen-bond acceptors (Lipinski definition) is 8. The zero-order valence-corrected chi connectivity index (χ0v) is 12.3. The molecule has 0 bridgehead atoms. The molecule has 25 heavy (non-hydrogen) atoms. The van der Waals surface area contributed by atoms with Crippen molar-refractivity contribution < 1.29 is 27.4 Å². The Balaban J connectivity index is 2.10. The van der Waals surface area contributed by atoms with Gasteiger partial charge in [-0.3, -0.25) is 4.52 Å². The van der Waals surface area contributed by atoms with Gasteiger partial charge in [0, 0.05) is 6.54 Å². The second-order valence-electron chi connectivity index (χ2n) is 4.77. The number of anilines is 1. The lowest BCUT2D eigenvalue weighted by Crippen LogP contribution is -2.15. The van der Waals surface area contributed by atoms with E-state index in [2.05, 4.69) is 29.9 Å². The van der Waals surface area contributed by atoms with Gasteiger partial charge in [0.1, 0.15) is 0 Å². The Morgan fingerprint density at radius 2 is 2.04 bits per heavy atom. The second kappa shape index (κ2) is 6.39. The normalized spacial score (nSPS) is 11.7. The number of nitrogens with one attached hydrogen (secondary N) is 1. The molecule has 2 aromatic heterocycles. The third kappa shape index (κ3) is 3.24. The van der Waals surface area contributed by atoms with Crippen LogP contribution in [0.25, 0.3) is 17.2 Å². The summed E-state index contributed by atoms with van der Waals surface area (Å²) in [6.45, 7) is -0.113. The second-order valence-corrected chi connectivity index (χ2v) is 4.77. The van der Waals surface area contributed by atoms with Gasteiger partial charge in [-0.15, -0.1) is 0 Å². The molecule has 12 heteroatoms. The summed E-state index contributed by atoms with van der Waals surface area (Å²) in [4.78, 5) is 11.9. The molecule has 0 atom stereocenters. The maximum atomic E-state index is 12.9. The van der Waals surface area contributed by atoms with Crippen LogP contribution in [0.2, 0.25) is 0 Å². The van der Waals surface area contributed by atoms with Gasteiger partial charge in [-0.2, -0.15) is 13.2 Å². The molecule has 3 rings (SSSR count). The summed E-state index contributed by atoms with van der Waals surface area (Å²) in [5, 5.41) is 22.1. The predicted octanol–water partition coefficient (Wildman–Crippen LogP) is 1.30. The molecule has 1 aromatic carbocycles. The highest BCUT2D eigenvalue weighted by molar-refractivity contribution is 5.66. The van der Waals surface area contributed by atoms with Crippen LogP contribution in [0.4, 0.5) is 19.0 Å². The molecule has 0 saturated heterocycles. The zero-order chi connectivity index (χ0) is 18.0. The number of hydrogen-bond donors (Lipinski definition) is 2. The Kier molecular flexibility index (Phi) is 4.27. The van der Waals surface area contributed by atoms with Gasteiger partial charge in [-0.25, -0.2) is 14.0 Å². The molecule has 0 fully saturated rings. The topological polar surface area (TPSA) is 119 Å². The lowest BCUT2D eigenvalue weighted by Gasteiger charge is -2.09. The highest BCUT2D eigenvalue weighted by atomic mass is 19.4. The highest BCUT2D eigenvalue weighted by Crippen LogP contribution is 2.31. The quantitative estimate of drug-likeness (QED) is 0.701. The fraction of sp³-hybridized carbons (Fsp3) is 0.231. The molecule has 0 amide bonds. The van der Waals surface area contributed by atoms with E-state index in [0.717, 1.165) is 22.8 Å². The number of benzene rings is 1. The monoisotopic (exact) mass is 357 g/mol. The average Bonchev–Trinajstić information content (AvgIpc) is 3.18. The van der Waals surface area contributed by atoms with Crippen LogP contribution < -0.4 is 11.1 Å². The van der Waals surface area contributed by atoms with E-state index in [1.807, 2.05) is 0 Å². The Morgan fingerprint density at radius 3 is 2.76 bits per heavy atom. The summed E-state index contributed by atoms with van der Waals surface area (Å²) >= 11 is 0. The van der Waals surface area contributed by atoms with Gasteiger partial charge in [0.15, 0.2) is 5.69 Å². The smallest absolute Gasteiger partial charge is 0.395 e. The van der Waals surface area contributed by atoms with Gasteiger partial charge in [0.2, 0.25) is 11.6 Å². The number of aromatic nitrogens is 4. The molecular weight excluding hydrogens is 347 g/mol. The third-order valence-electron chi connectivity index (χ3n) is 3.14. The third-order valence-corrected chi connectivity index (χ3v) is 3.14. The SMILES string of the molecule is O=c1onc(-c2nonc2NCCO)n1-c1cccc(C(F)(F)F)c1. The largest absolute Gasteiger partial charge is 0.446 e. The molecule has 0 aliphatic rings. The Bertz CT molecular complexity index is 930. The zero-order valence-electron chi connectivity index (χ0n) is 12.3. The first-order chi connectivity index (χ1) is 11.9. The van der Waals surface area contributed by atoms with Gasteiger partial charge in [0.05, 0.1) is 17.9 Å². The standard InChI is InChI=1S/C13H10F3N5O4/c14-13(15,16)7-2-1-3-8(6-7)21-11(20-24-12(21)23)9-10(17-4-5-22)19-25-18-9/h1-3,6,22H,4-5H2,(H,17,19). The molecule has 0 radical (unpaired) electrons. The van der Waals surface area contributed by atoms with Crippen molar-refractivity contribution in [1.29, 1.82) is 0 Å². The molecule has 2 N–H and O–H groups in total. The van der Waals surface area contributed by atoms with E-state index in [0.29, 0.717) is 0 Å². The van der Waals surface area contributed by atoms with Crippen molar-refractivity contribution in [1.82, 2.24) is 20.0 Å². The average molecular weight is 357 g/mol. The lowest BCUT2D eigenvalue weighted by molar-refractivity contribution is -0.137. The van der Waals surface area contributed by atoms with Crippen LogP contribution in [0.3, 0.4) is 0 Å². The van der Waals surface area contributed by atoms with Crippen LogP contribution in [0.1, 0.15) is 5.56 Å². The van der Waals surface area contributed by atoms with E-state index < -0.39 is 17.5 Å². The summed E-state index contributed by atoms with van der Waals surface area (Å²) in [5.74, 6) is -1.17. The maximum Gasteiger partial charge on any atom is 0.446 e. The fourth-order valence-electron chi connectivity index (χ4n) is 2.07. The minimum absolute atomic E-state index is 0.0445. The fourth-order valence-corrected chi connectivity index (χ4v) is 2.07. The number of aliphatic hydroxyl groups excluding tert-OH is 1. The first-order valence-corrected chi connectivity index (χ1v) is 6.86. The summed E-state index contributed by atoms with van der Waals surface area (Å²) in [5.41, 5.74) is -1.12. The van der Waals surface area contributed by atoms with Crippen LogP contribution >= 0.6 is 0 Å². The van der Waals surface area contributed by atoms with Crippen molar-refractivity contribution in [3.63, 3.8) is 0 Å². The van der Waals surface area contributed by atoms with Gasteiger partial charge in [-0.05, 0) is 28.5 Å². The summed E-state index contributed by atoms with van der Waals surface area (Å²) < 4.78 is 48.6. The predicted molar refractivity (Wildman–Crippen MR) is 76.0 cm³/mol. The van der Waals surface area contributed by atoms with E-state index in [1.165, 1.54) is 6.07 Å². The van der Waals surface area contributed by atoms with Gasteiger partial charge in [0.25, 0.3) is 0 Å². The van der Waals surface area contributed by atoms with Crippen LogP contribution in [0.15, 0.2) is 38.2 Å².